The average molecular weight is 1680 g/mol. The molecule has 4 aliphatic rings. The molecule has 0 saturated heterocycles. The van der Waals surface area contributed by atoms with Gasteiger partial charge in [0.15, 0.2) is 0 Å². The zero-order valence-corrected chi connectivity index (χ0v) is 78.2. The Kier molecular flexibility index (Phi) is 28.6. The fourth-order valence-electron chi connectivity index (χ4n) is 19.9. The van der Waals surface area contributed by atoms with Crippen LogP contribution < -0.4 is 29.4 Å². The van der Waals surface area contributed by atoms with E-state index in [9.17, 15) is 15.3 Å². The number of rotatable bonds is 24. The maximum absolute atomic E-state index is 12.2. The van der Waals surface area contributed by atoms with Crippen LogP contribution in [0.15, 0.2) is 182 Å². The molecule has 9 aromatic carbocycles. The number of aromatic hydroxyl groups is 3. The van der Waals surface area contributed by atoms with Gasteiger partial charge in [-0.25, -0.2) is 15.0 Å². The lowest BCUT2D eigenvalue weighted by Crippen LogP contribution is -2.28. The Morgan fingerprint density at radius 2 is 0.839 bits per heavy atom. The molecule has 0 unspecified atom stereocenters. The minimum Gasteiger partial charge on any atom is -0.507 e. The van der Waals surface area contributed by atoms with E-state index in [0.717, 1.165) is 198 Å². The van der Waals surface area contributed by atoms with Gasteiger partial charge in [-0.1, -0.05) is 182 Å². The van der Waals surface area contributed by atoms with Crippen molar-refractivity contribution in [3.63, 3.8) is 0 Å². The highest BCUT2D eigenvalue weighted by Gasteiger charge is 2.38. The van der Waals surface area contributed by atoms with Crippen molar-refractivity contribution in [3.05, 3.63) is 215 Å². The van der Waals surface area contributed by atoms with Crippen molar-refractivity contribution in [2.45, 2.75) is 220 Å². The Hall–Kier alpha value is -10.8. The van der Waals surface area contributed by atoms with Crippen LogP contribution in [0.2, 0.25) is 0 Å². The van der Waals surface area contributed by atoms with Gasteiger partial charge < -0.3 is 54.3 Å². The van der Waals surface area contributed by atoms with E-state index in [0.29, 0.717) is 29.1 Å². The van der Waals surface area contributed by atoms with E-state index in [1.807, 2.05) is 19.1 Å². The highest BCUT2D eigenvalue weighted by Crippen LogP contribution is 2.54. The van der Waals surface area contributed by atoms with Gasteiger partial charge in [-0.3, -0.25) is 0 Å². The molecule has 12 aromatic rings. The number of phenolic OH excluding ortho intramolecular Hbond substituents is 3. The molecule has 15 heteroatoms. The predicted molar refractivity (Wildman–Crippen MR) is 529 cm³/mol. The Labute approximate surface area is 745 Å². The summed E-state index contributed by atoms with van der Waals surface area (Å²) in [6.07, 6.45) is 24.8. The third-order valence-corrected chi connectivity index (χ3v) is 28.7. The minimum atomic E-state index is -0.00887. The molecule has 16 rings (SSSR count). The maximum atomic E-state index is 12.2. The van der Waals surface area contributed by atoms with Crippen molar-refractivity contribution in [1.82, 2.24) is 24.5 Å². The summed E-state index contributed by atoms with van der Waals surface area (Å²) >= 11 is 1.71. The second-order valence-corrected chi connectivity index (χ2v) is 37.9. The first kappa shape index (κ1) is 89.5. The number of phenols is 3. The standard InChI is InChI=1S/C39H49N3OS.C37H46N4O.C33H42N4O/c1-38(21-9-7-10-22-38)29-25-32(35(43)33(26-29)39(2)23-11-8-12-24-39)37-40-34(27-13-17-30(18-14-27)41(3)4)36(44-37)28-15-19-31(20-16-28)42(5)6;1-40(2)30-19-15-27(16-20-30)34-35(28-17-21-31(22-18-28)41(3)4)39-37(38-34)33-24-29(25-11-7-5-8-12-25)23-32(36(33)42)26-13-9-6-10-14-26;1-8-35(9-2)27-17-13-25(14-18-27)30-31(26-15-19-28(20-16-26)36(10-3)11-4)37(12-5)33(34-30)29-22-23(6)21-24(7)32(29)38/h13-20,25-26,43H,7-12,21-24H2,1-6H3;15-26,42H,5-14H2,1-4H3,(H,38,39);13-22,38H,8-12H2,1-7H3. The van der Waals surface area contributed by atoms with E-state index in [2.05, 4.69) is 321 Å². The van der Waals surface area contributed by atoms with Gasteiger partial charge in [-0.15, -0.1) is 11.3 Å². The molecule has 0 amide bonds. The number of anilines is 6. The van der Waals surface area contributed by atoms with Crippen LogP contribution in [0.5, 0.6) is 17.2 Å². The molecule has 4 fully saturated rings. The van der Waals surface area contributed by atoms with Crippen molar-refractivity contribution in [2.75, 3.05) is 112 Å². The summed E-state index contributed by atoms with van der Waals surface area (Å²) in [4.78, 5) is 33.9. The normalized spacial score (nSPS) is 15.3. The van der Waals surface area contributed by atoms with E-state index >= 15 is 0 Å². The number of thiazole rings is 1. The molecular formula is C109H137N11O3S. The van der Waals surface area contributed by atoms with Gasteiger partial charge >= 0.3 is 0 Å². The zero-order chi connectivity index (χ0) is 87.7. The van der Waals surface area contributed by atoms with Crippen LogP contribution in [0.3, 0.4) is 0 Å². The van der Waals surface area contributed by atoms with Crippen LogP contribution in [0.4, 0.5) is 34.1 Å². The third-order valence-electron chi connectivity index (χ3n) is 27.6. The summed E-state index contributed by atoms with van der Waals surface area (Å²) in [5, 5.41) is 36.0. The topological polar surface area (TPSA) is 140 Å². The van der Waals surface area contributed by atoms with Crippen LogP contribution in [0.25, 0.3) is 100 Å². The lowest BCUT2D eigenvalue weighted by Gasteiger charge is -2.38. The van der Waals surface area contributed by atoms with E-state index in [-0.39, 0.29) is 10.8 Å². The number of aromatic amines is 1. The van der Waals surface area contributed by atoms with Gasteiger partial charge in [0, 0.05) is 157 Å². The van der Waals surface area contributed by atoms with E-state index in [4.69, 9.17) is 15.0 Å². The number of benzene rings is 9. The van der Waals surface area contributed by atoms with Gasteiger partial charge in [-0.2, -0.15) is 0 Å². The summed E-state index contributed by atoms with van der Waals surface area (Å²) in [6, 6.07) is 65.6. The molecule has 14 nitrogen and oxygen atoms in total. The van der Waals surface area contributed by atoms with Crippen molar-refractivity contribution >= 4 is 45.5 Å². The van der Waals surface area contributed by atoms with Crippen LogP contribution >= 0.6 is 11.3 Å². The maximum Gasteiger partial charge on any atom is 0.144 e. The van der Waals surface area contributed by atoms with Crippen LogP contribution in [0, 0.1) is 13.8 Å². The van der Waals surface area contributed by atoms with Crippen molar-refractivity contribution in [2.24, 2.45) is 0 Å². The monoisotopic (exact) mass is 1680 g/mol. The Morgan fingerprint density at radius 1 is 0.403 bits per heavy atom. The van der Waals surface area contributed by atoms with Crippen LogP contribution in [-0.4, -0.2) is 122 Å². The lowest BCUT2D eigenvalue weighted by molar-refractivity contribution is 0.302. The van der Waals surface area contributed by atoms with Gasteiger partial charge in [0.1, 0.15) is 33.9 Å². The fourth-order valence-corrected chi connectivity index (χ4v) is 21.0. The molecule has 0 aliphatic heterocycles. The summed E-state index contributed by atoms with van der Waals surface area (Å²) in [5.41, 5.74) is 28.2. The van der Waals surface area contributed by atoms with E-state index < -0.39 is 0 Å². The molecule has 0 atom stereocenters. The first-order valence-corrected chi connectivity index (χ1v) is 47.2. The molecule has 3 aromatic heterocycles. The van der Waals surface area contributed by atoms with Gasteiger partial charge in [0.25, 0.3) is 0 Å². The summed E-state index contributed by atoms with van der Waals surface area (Å²) in [5.74, 6) is 3.68. The van der Waals surface area contributed by atoms with E-state index in [1.54, 1.807) is 11.3 Å². The SMILES string of the molecule is CCN(CC)c1ccc(-c2nc(-c3cc(C)cc(C)c3O)n(CC)c2-c2ccc(N(CC)CC)cc2)cc1.CN(C)c1ccc(-c2nc(-c3cc(C4(C)CCCCC4)cc(C4(C)CCCCC4)c3O)sc2-c2ccc(N(C)C)cc2)cc1.CN(C)c1ccc(-c2nc(-c3cc(C4CCCCC4)cc(C4CCCCC4)c3O)[nH]c2-c2ccc(N(C)C)cc2)cc1. The number of aryl methyl sites for hydroxylation is 2. The third kappa shape index (κ3) is 19.5. The smallest absolute Gasteiger partial charge is 0.144 e. The van der Waals surface area contributed by atoms with Gasteiger partial charge in [0.05, 0.1) is 50.0 Å². The van der Waals surface area contributed by atoms with Crippen molar-refractivity contribution < 1.29 is 15.3 Å². The summed E-state index contributed by atoms with van der Waals surface area (Å²) in [7, 11) is 16.5. The number of nitrogens with zero attached hydrogens (tertiary/aromatic N) is 10. The molecule has 3 heterocycles. The van der Waals surface area contributed by atoms with E-state index in [1.165, 1.54) is 131 Å². The van der Waals surface area contributed by atoms with Crippen molar-refractivity contribution in [3.8, 4) is 117 Å². The number of aromatic nitrogens is 5. The number of hydrogen-bond donors (Lipinski definition) is 4. The molecular weight excluding hydrogens is 1540 g/mol. The van der Waals surface area contributed by atoms with Gasteiger partial charge in [0.2, 0.25) is 0 Å². The second-order valence-electron chi connectivity index (χ2n) is 36.9. The highest BCUT2D eigenvalue weighted by molar-refractivity contribution is 7.19. The quantitative estimate of drug-likeness (QED) is 0.0458. The Morgan fingerprint density at radius 3 is 1.32 bits per heavy atom. The highest BCUT2D eigenvalue weighted by atomic mass is 32.1. The number of nitrogens with one attached hydrogen (secondary N) is 1. The molecule has 0 spiro atoms. The molecule has 4 N–H and O–H groups in total. The Bertz CT molecular complexity index is 5390. The fraction of sp³-hybridized carbons (Fsp3) is 0.422. The first-order valence-electron chi connectivity index (χ1n) is 46.4. The molecule has 0 bridgehead atoms. The predicted octanol–water partition coefficient (Wildman–Crippen LogP) is 27.7. The summed E-state index contributed by atoms with van der Waals surface area (Å²) < 4.78 is 2.24. The Balaban J connectivity index is 0.000000152. The second kappa shape index (κ2) is 39.6. The molecule has 652 valence electrons. The zero-order valence-electron chi connectivity index (χ0n) is 77.4. The van der Waals surface area contributed by atoms with Crippen LogP contribution in [-0.2, 0) is 17.4 Å². The van der Waals surface area contributed by atoms with Crippen LogP contribution in [0.1, 0.15) is 222 Å². The first-order chi connectivity index (χ1) is 59.8. The van der Waals surface area contributed by atoms with Crippen molar-refractivity contribution in [1.29, 1.82) is 0 Å². The molecule has 4 saturated carbocycles. The number of H-pyrrole nitrogens is 1. The molecule has 124 heavy (non-hydrogen) atoms. The van der Waals surface area contributed by atoms with Gasteiger partial charge in [-0.05, 0) is 247 Å². The number of hydrogen-bond acceptors (Lipinski definition) is 13. The number of imidazole rings is 2. The minimum absolute atomic E-state index is 0.00887. The lowest BCUT2D eigenvalue weighted by atomic mass is 9.66. The summed E-state index contributed by atoms with van der Waals surface area (Å²) in [6.45, 7) is 24.4. The molecule has 0 radical (unpaired) electrons. The molecule has 4 aliphatic carbocycles. The largest absolute Gasteiger partial charge is 0.507 e. The average Bonchev–Trinajstić information content (AvgIpc) is 1.33.